The van der Waals surface area contributed by atoms with Crippen LogP contribution < -0.4 is 5.32 Å². The number of likely N-dealkylation sites (tertiary alicyclic amines) is 1. The molecule has 0 unspecified atom stereocenters. The average Bonchev–Trinajstić information content (AvgIpc) is 3.49. The molecule has 34 heavy (non-hydrogen) atoms. The fourth-order valence-corrected chi connectivity index (χ4v) is 4.10. The summed E-state index contributed by atoms with van der Waals surface area (Å²) >= 11 is 0. The molecule has 0 atom stereocenters. The lowest BCUT2D eigenvalue weighted by Crippen LogP contribution is -2.35. The van der Waals surface area contributed by atoms with Gasteiger partial charge in [-0.15, -0.1) is 0 Å². The number of oxazole rings is 1. The molecule has 1 aromatic carbocycles. The van der Waals surface area contributed by atoms with Crippen molar-refractivity contribution in [2.75, 3.05) is 25.5 Å². The number of fused-ring (bicyclic) bond motifs is 1. The maximum absolute atomic E-state index is 12.8. The Labute approximate surface area is 200 Å². The summed E-state index contributed by atoms with van der Waals surface area (Å²) in [7, 11) is 8.43. The zero-order valence-electron chi connectivity index (χ0n) is 19.9. The Hall–Kier alpha value is -3.40. The second-order valence-electron chi connectivity index (χ2n) is 9.91. The number of hydrogen-bond donors (Lipinski definition) is 1. The van der Waals surface area contributed by atoms with Gasteiger partial charge < -0.3 is 9.32 Å². The van der Waals surface area contributed by atoms with E-state index in [0.717, 1.165) is 48.0 Å². The van der Waals surface area contributed by atoms with Crippen LogP contribution in [0.15, 0.2) is 47.5 Å². The molecule has 5 rings (SSSR count). The topological polar surface area (TPSA) is 102 Å². The van der Waals surface area contributed by atoms with Gasteiger partial charge in [-0.25, -0.2) is 15.0 Å². The second-order valence-corrected chi connectivity index (χ2v) is 9.91. The highest BCUT2D eigenvalue weighted by Gasteiger charge is 2.24. The summed E-state index contributed by atoms with van der Waals surface area (Å²) in [4.78, 5) is 28.3. The standard InChI is InChI=1S/C22H26B3N7O2/c1-31-6-4-13(5-7-31)20-28-18(12-34-20)19(33)30-21-26-9-15-3-2-14(8-17(15)29-21)16-10-27-32(11-16)22(23,24)25/h2-3,8-13H,4-7,23-25H2,1H3,(H,26,29,30,33). The van der Waals surface area contributed by atoms with Gasteiger partial charge >= 0.3 is 0 Å². The average molecular weight is 453 g/mol. The van der Waals surface area contributed by atoms with Crippen LogP contribution in [0.1, 0.15) is 35.1 Å². The first-order chi connectivity index (χ1) is 16.3. The number of nitrogens with zero attached hydrogens (tertiary/aromatic N) is 6. The van der Waals surface area contributed by atoms with E-state index in [1.54, 1.807) is 6.20 Å². The van der Waals surface area contributed by atoms with Crippen molar-refractivity contribution in [3.05, 3.63) is 54.6 Å². The highest BCUT2D eigenvalue weighted by molar-refractivity contribution is 6.56. The minimum absolute atomic E-state index is 0.0942. The zero-order chi connectivity index (χ0) is 23.9. The molecule has 12 heteroatoms. The first-order valence-corrected chi connectivity index (χ1v) is 11.5. The predicted molar refractivity (Wildman–Crippen MR) is 138 cm³/mol. The molecule has 4 aromatic rings. The minimum Gasteiger partial charge on any atom is -0.448 e. The van der Waals surface area contributed by atoms with Gasteiger partial charge in [-0.05, 0) is 49.8 Å². The Morgan fingerprint density at radius 3 is 2.68 bits per heavy atom. The number of hydrogen-bond acceptors (Lipinski definition) is 7. The third-order valence-corrected chi connectivity index (χ3v) is 6.23. The van der Waals surface area contributed by atoms with Gasteiger partial charge in [-0.2, -0.15) is 5.10 Å². The number of aromatic nitrogens is 5. The number of anilines is 1. The maximum Gasteiger partial charge on any atom is 0.279 e. The normalized spacial score (nSPS) is 15.6. The molecular formula is C22H26B3N7O2. The van der Waals surface area contributed by atoms with Crippen molar-refractivity contribution in [3.63, 3.8) is 0 Å². The van der Waals surface area contributed by atoms with E-state index in [4.69, 9.17) is 4.42 Å². The quantitative estimate of drug-likeness (QED) is 0.425. The molecule has 170 valence electrons. The molecule has 4 heterocycles. The van der Waals surface area contributed by atoms with Gasteiger partial charge in [-0.1, -0.05) is 12.1 Å². The predicted octanol–water partition coefficient (Wildman–Crippen LogP) is 0.00990. The summed E-state index contributed by atoms with van der Waals surface area (Å²) in [5.74, 6) is 0.711. The van der Waals surface area contributed by atoms with Gasteiger partial charge in [-0.3, -0.25) is 14.8 Å². The Morgan fingerprint density at radius 1 is 1.15 bits per heavy atom. The number of piperidine rings is 1. The van der Waals surface area contributed by atoms with Crippen molar-refractivity contribution < 1.29 is 9.21 Å². The van der Waals surface area contributed by atoms with Crippen molar-refractivity contribution in [2.24, 2.45) is 0 Å². The van der Waals surface area contributed by atoms with Crippen molar-refractivity contribution >= 4 is 46.3 Å². The molecule has 1 N–H and O–H groups in total. The van der Waals surface area contributed by atoms with Crippen LogP contribution in [0.4, 0.5) is 5.95 Å². The fraction of sp³-hybridized carbons (Fsp3) is 0.318. The molecule has 0 bridgehead atoms. The molecule has 3 aromatic heterocycles. The van der Waals surface area contributed by atoms with E-state index in [9.17, 15) is 4.79 Å². The zero-order valence-corrected chi connectivity index (χ0v) is 19.9. The highest BCUT2D eigenvalue weighted by Crippen LogP contribution is 2.27. The molecule has 1 fully saturated rings. The number of amides is 1. The van der Waals surface area contributed by atoms with Crippen LogP contribution in [0, 0.1) is 0 Å². The minimum atomic E-state index is -0.384. The van der Waals surface area contributed by atoms with E-state index in [2.05, 4.69) is 60.9 Å². The molecule has 1 amide bonds. The summed E-state index contributed by atoms with van der Waals surface area (Å²) in [5, 5.41) is 8.02. The highest BCUT2D eigenvalue weighted by atomic mass is 16.3. The molecule has 0 aliphatic carbocycles. The molecule has 0 spiro atoms. The molecular weight excluding hydrogens is 427 g/mol. The first-order valence-electron chi connectivity index (χ1n) is 11.5. The molecule has 0 radical (unpaired) electrons. The molecule has 1 aliphatic heterocycles. The van der Waals surface area contributed by atoms with Crippen LogP contribution in [0.3, 0.4) is 0 Å². The van der Waals surface area contributed by atoms with Crippen LogP contribution in [-0.4, -0.2) is 79.2 Å². The first kappa shape index (κ1) is 22.4. The van der Waals surface area contributed by atoms with E-state index in [0.29, 0.717) is 5.89 Å². The SMILES string of the molecule is BC(B)(B)n1cc(-c2ccc3cnc(NC(=O)c4coc(C5CCN(C)CC5)n4)nc3c2)cn1. The third kappa shape index (κ3) is 4.63. The third-order valence-electron chi connectivity index (χ3n) is 6.23. The Balaban J connectivity index is 1.33. The second kappa shape index (κ2) is 8.75. The fourth-order valence-electron chi connectivity index (χ4n) is 4.10. The lowest BCUT2D eigenvalue weighted by molar-refractivity contribution is 0.102. The summed E-state index contributed by atoms with van der Waals surface area (Å²) < 4.78 is 7.56. The Bertz CT molecular complexity index is 1340. The summed E-state index contributed by atoms with van der Waals surface area (Å²) in [6.45, 7) is 2.00. The van der Waals surface area contributed by atoms with Crippen molar-refractivity contribution in [1.29, 1.82) is 0 Å². The maximum atomic E-state index is 12.8. The monoisotopic (exact) mass is 453 g/mol. The van der Waals surface area contributed by atoms with Gasteiger partial charge in [0.25, 0.3) is 5.91 Å². The van der Waals surface area contributed by atoms with Gasteiger partial charge in [0.15, 0.2) is 11.6 Å². The molecule has 1 aliphatic rings. The summed E-state index contributed by atoms with van der Waals surface area (Å²) in [5.41, 5.74) is 2.97. The van der Waals surface area contributed by atoms with Gasteiger partial charge in [0.2, 0.25) is 5.95 Å². The van der Waals surface area contributed by atoms with Crippen LogP contribution in [0.25, 0.3) is 22.0 Å². The lowest BCUT2D eigenvalue weighted by atomic mass is 9.49. The molecule has 9 nitrogen and oxygen atoms in total. The lowest BCUT2D eigenvalue weighted by Gasteiger charge is -2.26. The summed E-state index contributed by atoms with van der Waals surface area (Å²) in [6.07, 6.45) is 8.94. The van der Waals surface area contributed by atoms with Gasteiger partial charge in [0.05, 0.1) is 11.7 Å². The number of carbonyl (C=O) groups excluding carboxylic acids is 1. The Kier molecular flexibility index (Phi) is 5.77. The van der Waals surface area contributed by atoms with E-state index >= 15 is 0 Å². The van der Waals surface area contributed by atoms with Gasteiger partial charge in [0, 0.05) is 29.3 Å². The van der Waals surface area contributed by atoms with Crippen molar-refractivity contribution in [1.82, 2.24) is 29.6 Å². The molecule has 0 saturated carbocycles. The van der Waals surface area contributed by atoms with Crippen LogP contribution in [0.5, 0.6) is 0 Å². The van der Waals surface area contributed by atoms with Crippen LogP contribution in [0.2, 0.25) is 0 Å². The van der Waals surface area contributed by atoms with E-state index in [1.807, 2.05) is 35.3 Å². The van der Waals surface area contributed by atoms with Crippen molar-refractivity contribution in [2.45, 2.75) is 24.0 Å². The van der Waals surface area contributed by atoms with E-state index < -0.39 is 0 Å². The summed E-state index contributed by atoms with van der Waals surface area (Å²) in [6, 6.07) is 5.97. The van der Waals surface area contributed by atoms with E-state index in [-0.39, 0.29) is 28.7 Å². The Morgan fingerprint density at radius 2 is 1.94 bits per heavy atom. The van der Waals surface area contributed by atoms with Crippen LogP contribution >= 0.6 is 0 Å². The van der Waals surface area contributed by atoms with E-state index in [1.165, 1.54) is 6.26 Å². The largest absolute Gasteiger partial charge is 0.448 e. The van der Waals surface area contributed by atoms with Crippen LogP contribution in [-0.2, 0) is 5.24 Å². The number of rotatable bonds is 5. The molecule has 1 saturated heterocycles. The van der Waals surface area contributed by atoms with Gasteiger partial charge in [0.1, 0.15) is 29.8 Å². The number of carbonyl (C=O) groups is 1. The number of nitrogens with one attached hydrogen (secondary N) is 1. The van der Waals surface area contributed by atoms with Crippen molar-refractivity contribution in [3.8, 4) is 11.1 Å². The number of benzene rings is 1. The smallest absolute Gasteiger partial charge is 0.279 e.